The van der Waals surface area contributed by atoms with Crippen LogP contribution in [-0.4, -0.2) is 62.0 Å². The zero-order valence-electron chi connectivity index (χ0n) is 16.6. The second kappa shape index (κ2) is 7.50. The van der Waals surface area contributed by atoms with Crippen molar-refractivity contribution in [3.63, 3.8) is 0 Å². The van der Waals surface area contributed by atoms with Crippen molar-refractivity contribution in [2.45, 2.75) is 58.3 Å². The molecule has 2 fully saturated rings. The van der Waals surface area contributed by atoms with Gasteiger partial charge in [-0.3, -0.25) is 4.40 Å². The van der Waals surface area contributed by atoms with Crippen LogP contribution in [0.15, 0.2) is 12.4 Å². The van der Waals surface area contributed by atoms with E-state index in [1.807, 2.05) is 0 Å². The number of piperazine rings is 1. The quantitative estimate of drug-likeness (QED) is 0.720. The van der Waals surface area contributed by atoms with Crippen LogP contribution >= 0.6 is 12.4 Å². The maximum Gasteiger partial charge on any atom is 0.164 e. The predicted molar refractivity (Wildman–Crippen MR) is 112 cm³/mol. The number of nitrogens with zero attached hydrogens (tertiary/aromatic N) is 6. The van der Waals surface area contributed by atoms with Crippen molar-refractivity contribution in [3.05, 3.63) is 18.2 Å². The molecular weight excluding hydrogens is 378 g/mol. The third-order valence-electron chi connectivity index (χ3n) is 5.93. The molecule has 0 saturated carbocycles. The van der Waals surface area contributed by atoms with Gasteiger partial charge in [-0.15, -0.1) is 22.6 Å². The number of nitrogens with one attached hydrogen (secondary N) is 1. The van der Waals surface area contributed by atoms with Gasteiger partial charge in [-0.1, -0.05) is 0 Å². The second-order valence-electron chi connectivity index (χ2n) is 7.98. The average Bonchev–Trinajstić information content (AvgIpc) is 3.38. The SMILES string of the molecule is Cc1nc2c(N3C[C@@H](C)NC[C@@H]3C)cc3nncn3c2n1C[C@@H]1CCCO1.Cl. The Bertz CT molecular complexity index is 978. The number of pyridine rings is 1. The number of halogens is 1. The monoisotopic (exact) mass is 405 g/mol. The summed E-state index contributed by atoms with van der Waals surface area (Å²) in [7, 11) is 0. The molecule has 0 radical (unpaired) electrons. The number of hydrogen-bond acceptors (Lipinski definition) is 6. The van der Waals surface area contributed by atoms with E-state index in [0.717, 1.165) is 67.4 Å². The Morgan fingerprint density at radius 3 is 2.96 bits per heavy atom. The number of rotatable bonds is 3. The van der Waals surface area contributed by atoms with Crippen molar-refractivity contribution in [1.29, 1.82) is 0 Å². The smallest absolute Gasteiger partial charge is 0.164 e. The Morgan fingerprint density at radius 1 is 1.32 bits per heavy atom. The van der Waals surface area contributed by atoms with Crippen molar-refractivity contribution in [1.82, 2.24) is 29.5 Å². The van der Waals surface area contributed by atoms with E-state index in [2.05, 4.69) is 56.2 Å². The number of anilines is 1. The maximum absolute atomic E-state index is 5.89. The average molecular weight is 406 g/mol. The molecule has 3 aromatic heterocycles. The van der Waals surface area contributed by atoms with Crippen molar-refractivity contribution < 1.29 is 4.74 Å². The van der Waals surface area contributed by atoms with Crippen molar-refractivity contribution in [2.75, 3.05) is 24.6 Å². The topological polar surface area (TPSA) is 72.5 Å². The summed E-state index contributed by atoms with van der Waals surface area (Å²) in [4.78, 5) is 7.45. The summed E-state index contributed by atoms with van der Waals surface area (Å²) in [5.41, 5.74) is 4.11. The van der Waals surface area contributed by atoms with Crippen molar-refractivity contribution in [2.24, 2.45) is 0 Å². The fourth-order valence-corrected chi connectivity index (χ4v) is 4.45. The summed E-state index contributed by atoms with van der Waals surface area (Å²) in [6.07, 6.45) is 4.30. The standard InChI is InChI=1S/C19H27N7O.ClH/c1-12-9-24(13(2)8-20-12)16-7-17-23-21-11-26(17)19-18(16)22-14(3)25(19)10-15-5-4-6-27-15;/h7,11-13,15,20H,4-6,8-10H2,1-3H3;1H/t12-,13+,15+;/m1./s1. The van der Waals surface area contributed by atoms with Gasteiger partial charge in [-0.25, -0.2) is 4.98 Å². The molecule has 9 heteroatoms. The molecule has 2 aliphatic heterocycles. The van der Waals surface area contributed by atoms with Crippen molar-refractivity contribution in [3.8, 4) is 0 Å². The van der Waals surface area contributed by atoms with E-state index in [9.17, 15) is 0 Å². The van der Waals surface area contributed by atoms with E-state index in [0.29, 0.717) is 12.1 Å². The van der Waals surface area contributed by atoms with Gasteiger partial charge >= 0.3 is 0 Å². The summed E-state index contributed by atoms with van der Waals surface area (Å²) >= 11 is 0. The van der Waals surface area contributed by atoms with Crippen LogP contribution in [0.4, 0.5) is 5.69 Å². The van der Waals surface area contributed by atoms with E-state index in [4.69, 9.17) is 9.72 Å². The first-order valence-electron chi connectivity index (χ1n) is 9.93. The van der Waals surface area contributed by atoms with Gasteiger partial charge in [0, 0.05) is 37.8 Å². The van der Waals surface area contributed by atoms with E-state index in [1.165, 1.54) is 0 Å². The fourth-order valence-electron chi connectivity index (χ4n) is 4.45. The zero-order valence-corrected chi connectivity index (χ0v) is 17.4. The molecule has 5 rings (SSSR count). The number of hydrogen-bond donors (Lipinski definition) is 1. The minimum absolute atomic E-state index is 0. The molecule has 8 nitrogen and oxygen atoms in total. The second-order valence-corrected chi connectivity index (χ2v) is 7.98. The molecule has 28 heavy (non-hydrogen) atoms. The van der Waals surface area contributed by atoms with Gasteiger partial charge in [0.1, 0.15) is 23.3 Å². The molecule has 3 aromatic rings. The highest BCUT2D eigenvalue weighted by Gasteiger charge is 2.28. The highest BCUT2D eigenvalue weighted by atomic mass is 35.5. The molecule has 0 unspecified atom stereocenters. The molecule has 5 heterocycles. The van der Waals surface area contributed by atoms with Gasteiger partial charge in [0.2, 0.25) is 0 Å². The Labute approximate surface area is 170 Å². The largest absolute Gasteiger partial charge is 0.376 e. The highest BCUT2D eigenvalue weighted by molar-refractivity contribution is 5.90. The summed E-state index contributed by atoms with van der Waals surface area (Å²) in [5.74, 6) is 1.01. The van der Waals surface area contributed by atoms with E-state index >= 15 is 0 Å². The van der Waals surface area contributed by atoms with E-state index < -0.39 is 0 Å². The first kappa shape index (κ1) is 19.4. The molecule has 2 saturated heterocycles. The predicted octanol–water partition coefficient (Wildman–Crippen LogP) is 2.17. The molecule has 0 bridgehead atoms. The number of aryl methyl sites for hydroxylation is 1. The summed E-state index contributed by atoms with van der Waals surface area (Å²) in [6, 6.07) is 2.98. The third kappa shape index (κ3) is 3.13. The minimum atomic E-state index is 0. The normalized spacial score (nSPS) is 25.5. The van der Waals surface area contributed by atoms with E-state index in [-0.39, 0.29) is 18.5 Å². The minimum Gasteiger partial charge on any atom is -0.376 e. The summed E-state index contributed by atoms with van der Waals surface area (Å²) in [5, 5.41) is 12.1. The lowest BCUT2D eigenvalue weighted by atomic mass is 10.1. The number of aromatic nitrogens is 5. The lowest BCUT2D eigenvalue weighted by molar-refractivity contribution is 0.0972. The van der Waals surface area contributed by atoms with Crippen LogP contribution in [0.5, 0.6) is 0 Å². The third-order valence-corrected chi connectivity index (χ3v) is 5.93. The molecule has 1 N–H and O–H groups in total. The molecule has 0 aliphatic carbocycles. The Hall–Kier alpha value is -1.90. The lowest BCUT2D eigenvalue weighted by Gasteiger charge is -2.39. The fraction of sp³-hybridized carbons (Fsp3) is 0.632. The van der Waals surface area contributed by atoms with Crippen LogP contribution in [0.25, 0.3) is 16.8 Å². The molecule has 0 aromatic carbocycles. The van der Waals surface area contributed by atoms with Gasteiger partial charge in [-0.2, -0.15) is 0 Å². The molecule has 2 aliphatic rings. The van der Waals surface area contributed by atoms with Gasteiger partial charge in [0.25, 0.3) is 0 Å². The van der Waals surface area contributed by atoms with Crippen LogP contribution in [0.3, 0.4) is 0 Å². The maximum atomic E-state index is 5.89. The number of imidazole rings is 1. The Balaban J connectivity index is 0.00000192. The lowest BCUT2D eigenvalue weighted by Crippen LogP contribution is -2.54. The van der Waals surface area contributed by atoms with Crippen LogP contribution in [0.2, 0.25) is 0 Å². The molecule has 152 valence electrons. The first-order valence-corrected chi connectivity index (χ1v) is 9.93. The highest BCUT2D eigenvalue weighted by Crippen LogP contribution is 2.32. The molecule has 0 amide bonds. The summed E-state index contributed by atoms with van der Waals surface area (Å²) in [6.45, 7) is 10.2. The van der Waals surface area contributed by atoms with Crippen LogP contribution in [0.1, 0.15) is 32.5 Å². The van der Waals surface area contributed by atoms with Gasteiger partial charge in [0.05, 0.1) is 18.3 Å². The van der Waals surface area contributed by atoms with Gasteiger partial charge < -0.3 is 19.5 Å². The van der Waals surface area contributed by atoms with Crippen molar-refractivity contribution >= 4 is 34.9 Å². The molecule has 0 spiro atoms. The van der Waals surface area contributed by atoms with Gasteiger partial charge in [0.15, 0.2) is 5.65 Å². The first-order chi connectivity index (χ1) is 13.1. The number of ether oxygens (including phenoxy) is 1. The van der Waals surface area contributed by atoms with Crippen LogP contribution in [0, 0.1) is 6.92 Å². The Morgan fingerprint density at radius 2 is 2.18 bits per heavy atom. The zero-order chi connectivity index (χ0) is 18.5. The van der Waals surface area contributed by atoms with Crippen LogP contribution in [-0.2, 0) is 11.3 Å². The number of fused-ring (bicyclic) bond motifs is 3. The summed E-state index contributed by atoms with van der Waals surface area (Å²) < 4.78 is 10.2. The Kier molecular flexibility index (Phi) is 5.20. The van der Waals surface area contributed by atoms with Crippen LogP contribution < -0.4 is 10.2 Å². The molecular formula is C19H28ClN7O. The van der Waals surface area contributed by atoms with E-state index in [1.54, 1.807) is 6.33 Å². The van der Waals surface area contributed by atoms with Gasteiger partial charge in [-0.05, 0) is 33.6 Å². The molecule has 3 atom stereocenters.